The summed E-state index contributed by atoms with van der Waals surface area (Å²) in [4.78, 5) is 20.9. The van der Waals surface area contributed by atoms with Crippen molar-refractivity contribution in [3.05, 3.63) is 16.8 Å². The van der Waals surface area contributed by atoms with E-state index in [4.69, 9.17) is 5.11 Å². The third-order valence-electron chi connectivity index (χ3n) is 2.94. The molecule has 0 saturated heterocycles. The predicted octanol–water partition coefficient (Wildman–Crippen LogP) is 2.76. The third kappa shape index (κ3) is 3.41. The first kappa shape index (κ1) is 15.5. The number of aromatic nitrogens is 2. The van der Waals surface area contributed by atoms with E-state index < -0.39 is 25.2 Å². The van der Waals surface area contributed by atoms with Crippen LogP contribution in [0.2, 0.25) is 0 Å². The van der Waals surface area contributed by atoms with Crippen LogP contribution in [0.3, 0.4) is 0 Å². The lowest BCUT2D eigenvalue weighted by molar-refractivity contribution is -0.136. The Morgan fingerprint density at radius 1 is 1.38 bits per heavy atom. The number of hydrogen-bond donors (Lipinski definition) is 1. The van der Waals surface area contributed by atoms with E-state index in [-0.39, 0.29) is 5.82 Å². The molecule has 0 unspecified atom stereocenters. The molecule has 0 fully saturated rings. The molecule has 0 aliphatic heterocycles. The summed E-state index contributed by atoms with van der Waals surface area (Å²) in [5, 5.41) is 9.32. The summed E-state index contributed by atoms with van der Waals surface area (Å²) in [5.74, 6) is -1.35. The van der Waals surface area contributed by atoms with E-state index in [1.807, 2.05) is 6.92 Å². The Hall–Kier alpha value is -1.90. The Morgan fingerprint density at radius 3 is 2.62 bits per heavy atom. The second kappa shape index (κ2) is 5.47. The van der Waals surface area contributed by atoms with Gasteiger partial charge in [0.1, 0.15) is 30.1 Å². The Morgan fingerprint density at radius 2 is 2.05 bits per heavy atom. The quantitative estimate of drug-likeness (QED) is 0.938. The second-order valence-electron chi connectivity index (χ2n) is 4.53. The number of carboxylic acids is 1. The molecule has 0 aliphatic carbocycles. The van der Waals surface area contributed by atoms with Gasteiger partial charge in [-0.15, -0.1) is 11.3 Å². The zero-order valence-corrected chi connectivity index (χ0v) is 12.0. The fourth-order valence-corrected chi connectivity index (χ4v) is 2.98. The van der Waals surface area contributed by atoms with Crippen molar-refractivity contribution in [1.29, 1.82) is 0 Å². The lowest BCUT2D eigenvalue weighted by Gasteiger charge is -2.23. The van der Waals surface area contributed by atoms with Crippen LogP contribution in [0, 0.1) is 13.8 Å². The van der Waals surface area contributed by atoms with Gasteiger partial charge < -0.3 is 10.0 Å². The third-order valence-corrected chi connectivity index (χ3v) is 4.06. The van der Waals surface area contributed by atoms with Crippen LogP contribution in [-0.4, -0.2) is 40.3 Å². The van der Waals surface area contributed by atoms with Crippen LogP contribution in [0.4, 0.5) is 19.0 Å². The van der Waals surface area contributed by atoms with Crippen LogP contribution in [0.25, 0.3) is 10.2 Å². The van der Waals surface area contributed by atoms with E-state index in [0.717, 1.165) is 16.8 Å². The zero-order valence-electron chi connectivity index (χ0n) is 11.2. The first-order chi connectivity index (χ1) is 9.69. The number of alkyl halides is 3. The van der Waals surface area contributed by atoms with Gasteiger partial charge in [-0.2, -0.15) is 13.2 Å². The largest absolute Gasteiger partial charge is 0.480 e. The molecular formula is C12H12F3N3O2S. The predicted molar refractivity (Wildman–Crippen MR) is 72.8 cm³/mol. The van der Waals surface area contributed by atoms with E-state index in [9.17, 15) is 18.0 Å². The first-order valence-electron chi connectivity index (χ1n) is 5.93. The summed E-state index contributed by atoms with van der Waals surface area (Å²) in [5.41, 5.74) is 0.767. The number of rotatable bonds is 4. The molecule has 9 heteroatoms. The van der Waals surface area contributed by atoms with Crippen molar-refractivity contribution in [2.24, 2.45) is 0 Å². The molecule has 0 aromatic carbocycles. The number of carbonyl (C=O) groups is 1. The van der Waals surface area contributed by atoms with Crippen LogP contribution < -0.4 is 4.90 Å². The average Bonchev–Trinajstić information content (AvgIpc) is 2.62. The molecular weight excluding hydrogens is 307 g/mol. The van der Waals surface area contributed by atoms with Gasteiger partial charge in [0.25, 0.3) is 0 Å². The van der Waals surface area contributed by atoms with Crippen molar-refractivity contribution in [3.8, 4) is 0 Å². The molecule has 1 N–H and O–H groups in total. The van der Waals surface area contributed by atoms with Gasteiger partial charge in [0.05, 0.1) is 5.39 Å². The van der Waals surface area contributed by atoms with Crippen LogP contribution in [-0.2, 0) is 4.79 Å². The van der Waals surface area contributed by atoms with Crippen LogP contribution in [0.1, 0.15) is 10.4 Å². The van der Waals surface area contributed by atoms with Crippen molar-refractivity contribution >= 4 is 33.3 Å². The van der Waals surface area contributed by atoms with Crippen LogP contribution in [0.5, 0.6) is 0 Å². The number of nitrogens with zero attached hydrogens (tertiary/aromatic N) is 3. The minimum atomic E-state index is -4.52. The number of carboxylic acid groups (broad SMARTS) is 1. The lowest BCUT2D eigenvalue weighted by Crippen LogP contribution is -2.38. The second-order valence-corrected chi connectivity index (χ2v) is 5.73. The molecule has 2 rings (SSSR count). The maximum Gasteiger partial charge on any atom is 0.405 e. The highest BCUT2D eigenvalue weighted by atomic mass is 32.1. The Kier molecular flexibility index (Phi) is 4.04. The van der Waals surface area contributed by atoms with Crippen molar-refractivity contribution in [1.82, 2.24) is 9.97 Å². The molecule has 0 bridgehead atoms. The molecule has 0 saturated carbocycles. The summed E-state index contributed by atoms with van der Waals surface area (Å²) < 4.78 is 38.0. The first-order valence-corrected chi connectivity index (χ1v) is 6.75. The molecule has 0 radical (unpaired) electrons. The van der Waals surface area contributed by atoms with Gasteiger partial charge in [0.15, 0.2) is 0 Å². The van der Waals surface area contributed by atoms with Gasteiger partial charge in [-0.3, -0.25) is 4.79 Å². The summed E-state index contributed by atoms with van der Waals surface area (Å²) >= 11 is 1.34. The summed E-state index contributed by atoms with van der Waals surface area (Å²) in [6.45, 7) is 1.43. The fourth-order valence-electron chi connectivity index (χ4n) is 1.99. The van der Waals surface area contributed by atoms with E-state index in [0.29, 0.717) is 15.1 Å². The van der Waals surface area contributed by atoms with Crippen molar-refractivity contribution in [3.63, 3.8) is 0 Å². The average molecular weight is 319 g/mol. The van der Waals surface area contributed by atoms with E-state index in [2.05, 4.69) is 9.97 Å². The maximum atomic E-state index is 12.7. The van der Waals surface area contributed by atoms with E-state index in [1.165, 1.54) is 11.3 Å². The molecule has 0 aliphatic rings. The van der Waals surface area contributed by atoms with Crippen LogP contribution in [0.15, 0.2) is 6.33 Å². The Labute approximate surface area is 122 Å². The van der Waals surface area contributed by atoms with Crippen molar-refractivity contribution in [2.45, 2.75) is 20.0 Å². The van der Waals surface area contributed by atoms with Crippen molar-refractivity contribution in [2.75, 3.05) is 18.0 Å². The van der Waals surface area contributed by atoms with Gasteiger partial charge in [0, 0.05) is 4.88 Å². The van der Waals surface area contributed by atoms with Gasteiger partial charge in [-0.1, -0.05) is 0 Å². The number of hydrogen-bond acceptors (Lipinski definition) is 5. The van der Waals surface area contributed by atoms with Crippen molar-refractivity contribution < 1.29 is 23.1 Å². The molecule has 2 aromatic heterocycles. The molecule has 114 valence electrons. The molecule has 0 spiro atoms. The molecule has 2 heterocycles. The summed E-state index contributed by atoms with van der Waals surface area (Å²) in [6.07, 6.45) is -3.37. The fraction of sp³-hybridized carbons (Fsp3) is 0.417. The summed E-state index contributed by atoms with van der Waals surface area (Å²) in [7, 11) is 0. The van der Waals surface area contributed by atoms with Gasteiger partial charge in [0.2, 0.25) is 0 Å². The smallest absolute Gasteiger partial charge is 0.405 e. The minimum Gasteiger partial charge on any atom is -0.480 e. The summed E-state index contributed by atoms with van der Waals surface area (Å²) in [6, 6.07) is 0. The molecule has 2 aromatic rings. The Bertz CT molecular complexity index is 684. The van der Waals surface area contributed by atoms with Gasteiger partial charge in [-0.25, -0.2) is 9.97 Å². The number of aryl methyl sites for hydroxylation is 2. The minimum absolute atomic E-state index is 0.00146. The highest BCUT2D eigenvalue weighted by Gasteiger charge is 2.33. The maximum absolute atomic E-state index is 12.7. The number of fused-ring (bicyclic) bond motifs is 1. The van der Waals surface area contributed by atoms with E-state index >= 15 is 0 Å². The lowest BCUT2D eigenvalue weighted by atomic mass is 10.2. The van der Waals surface area contributed by atoms with Gasteiger partial charge in [-0.05, 0) is 19.4 Å². The SMILES string of the molecule is Cc1sc2ncnc(N(CC(=O)O)CC(F)(F)F)c2c1C. The standard InChI is InChI=1S/C12H12F3N3O2S/c1-6-7(2)21-11-9(6)10(16-5-17-11)18(3-8(19)20)4-12(13,14)15/h5H,3-4H2,1-2H3,(H,19,20). The highest BCUT2D eigenvalue weighted by Crippen LogP contribution is 2.35. The Balaban J connectivity index is 2.56. The monoisotopic (exact) mass is 319 g/mol. The highest BCUT2D eigenvalue weighted by molar-refractivity contribution is 7.18. The molecule has 0 amide bonds. The zero-order chi connectivity index (χ0) is 15.8. The topological polar surface area (TPSA) is 66.3 Å². The molecule has 21 heavy (non-hydrogen) atoms. The van der Waals surface area contributed by atoms with E-state index in [1.54, 1.807) is 6.92 Å². The molecule has 5 nitrogen and oxygen atoms in total. The van der Waals surface area contributed by atoms with Gasteiger partial charge >= 0.3 is 12.1 Å². The number of thiophene rings is 1. The normalized spacial score (nSPS) is 11.9. The number of halogens is 3. The molecule has 0 atom stereocenters. The number of aliphatic carboxylic acids is 1. The number of anilines is 1. The van der Waals surface area contributed by atoms with Crippen LogP contribution >= 0.6 is 11.3 Å².